The zero-order chi connectivity index (χ0) is 19.3. The van der Waals surface area contributed by atoms with Crippen molar-refractivity contribution in [1.82, 2.24) is 5.43 Å². The quantitative estimate of drug-likeness (QED) is 0.630. The fourth-order valence-electron chi connectivity index (χ4n) is 2.83. The van der Waals surface area contributed by atoms with Crippen LogP contribution in [0.1, 0.15) is 46.0 Å². The number of anilines is 1. The number of hydrazone groups is 1. The highest BCUT2D eigenvalue weighted by Gasteiger charge is 2.10. The SMILES string of the molecule is CC(CC(=O)Nc1c(C)cc(C)cc1C)=NNC(=O)c1cccc(C)c1. The van der Waals surface area contributed by atoms with Crippen LogP contribution < -0.4 is 10.7 Å². The molecule has 2 aromatic carbocycles. The summed E-state index contributed by atoms with van der Waals surface area (Å²) < 4.78 is 0. The van der Waals surface area contributed by atoms with E-state index in [9.17, 15) is 9.59 Å². The first-order valence-electron chi connectivity index (χ1n) is 8.54. The minimum absolute atomic E-state index is 0.112. The third kappa shape index (κ3) is 5.28. The highest BCUT2D eigenvalue weighted by atomic mass is 16.2. The molecule has 0 aliphatic rings. The van der Waals surface area contributed by atoms with E-state index in [-0.39, 0.29) is 18.2 Å². The van der Waals surface area contributed by atoms with Gasteiger partial charge in [-0.25, -0.2) is 5.43 Å². The van der Waals surface area contributed by atoms with Crippen LogP contribution in [0.4, 0.5) is 5.69 Å². The van der Waals surface area contributed by atoms with Gasteiger partial charge in [0.05, 0.1) is 6.42 Å². The summed E-state index contributed by atoms with van der Waals surface area (Å²) >= 11 is 0. The molecular weight excluding hydrogens is 326 g/mol. The zero-order valence-corrected chi connectivity index (χ0v) is 15.9. The second-order valence-electron chi connectivity index (χ2n) is 6.66. The molecule has 2 aromatic rings. The number of nitrogens with zero attached hydrogens (tertiary/aromatic N) is 1. The molecule has 0 aliphatic carbocycles. The van der Waals surface area contributed by atoms with Gasteiger partial charge in [-0.1, -0.05) is 35.4 Å². The summed E-state index contributed by atoms with van der Waals surface area (Å²) in [6, 6.07) is 11.3. The lowest BCUT2D eigenvalue weighted by Crippen LogP contribution is -2.22. The van der Waals surface area contributed by atoms with Crippen molar-refractivity contribution in [2.75, 3.05) is 5.32 Å². The summed E-state index contributed by atoms with van der Waals surface area (Å²) in [5.74, 6) is -0.454. The van der Waals surface area contributed by atoms with Crippen molar-refractivity contribution in [2.24, 2.45) is 5.10 Å². The van der Waals surface area contributed by atoms with E-state index in [0.29, 0.717) is 11.3 Å². The van der Waals surface area contributed by atoms with E-state index in [1.54, 1.807) is 19.1 Å². The summed E-state index contributed by atoms with van der Waals surface area (Å²) in [6.07, 6.45) is 0.112. The van der Waals surface area contributed by atoms with E-state index in [1.165, 1.54) is 0 Å². The number of amides is 2. The van der Waals surface area contributed by atoms with Crippen LogP contribution in [0.5, 0.6) is 0 Å². The number of aryl methyl sites for hydroxylation is 4. The van der Waals surface area contributed by atoms with Gasteiger partial charge in [-0.05, 0) is 57.9 Å². The Morgan fingerprint density at radius 2 is 1.62 bits per heavy atom. The van der Waals surface area contributed by atoms with Crippen LogP contribution in [0.3, 0.4) is 0 Å². The van der Waals surface area contributed by atoms with Crippen molar-refractivity contribution in [3.8, 4) is 0 Å². The zero-order valence-electron chi connectivity index (χ0n) is 15.9. The molecular formula is C21H25N3O2. The first-order valence-corrected chi connectivity index (χ1v) is 8.54. The van der Waals surface area contributed by atoms with E-state index in [2.05, 4.69) is 15.8 Å². The average molecular weight is 351 g/mol. The minimum atomic E-state index is -0.293. The molecule has 0 fully saturated rings. The van der Waals surface area contributed by atoms with E-state index in [4.69, 9.17) is 0 Å². The maximum absolute atomic E-state index is 12.3. The van der Waals surface area contributed by atoms with Gasteiger partial charge in [0.2, 0.25) is 5.91 Å². The fourth-order valence-corrected chi connectivity index (χ4v) is 2.83. The van der Waals surface area contributed by atoms with Crippen LogP contribution in [-0.4, -0.2) is 17.5 Å². The fraction of sp³-hybridized carbons (Fsp3) is 0.286. The summed E-state index contributed by atoms with van der Waals surface area (Å²) in [6.45, 7) is 9.60. The first-order chi connectivity index (χ1) is 12.3. The third-order valence-electron chi connectivity index (χ3n) is 3.99. The number of nitrogens with one attached hydrogen (secondary N) is 2. The van der Waals surface area contributed by atoms with Crippen LogP contribution in [0.15, 0.2) is 41.5 Å². The molecule has 0 unspecified atom stereocenters. The third-order valence-corrected chi connectivity index (χ3v) is 3.99. The molecule has 0 aromatic heterocycles. The molecule has 0 saturated carbocycles. The summed E-state index contributed by atoms with van der Waals surface area (Å²) in [7, 11) is 0. The van der Waals surface area contributed by atoms with Crippen LogP contribution in [0.2, 0.25) is 0 Å². The smallest absolute Gasteiger partial charge is 0.271 e. The number of carbonyl (C=O) groups is 2. The predicted molar refractivity (Wildman–Crippen MR) is 106 cm³/mol. The van der Waals surface area contributed by atoms with Gasteiger partial charge in [-0.3, -0.25) is 9.59 Å². The molecule has 2 N–H and O–H groups in total. The topological polar surface area (TPSA) is 70.6 Å². The number of hydrogen-bond acceptors (Lipinski definition) is 3. The van der Waals surface area contributed by atoms with Gasteiger partial charge in [-0.2, -0.15) is 5.10 Å². The molecule has 26 heavy (non-hydrogen) atoms. The van der Waals surface area contributed by atoms with E-state index in [0.717, 1.165) is 27.9 Å². The summed E-state index contributed by atoms with van der Waals surface area (Å²) in [5.41, 5.74) is 8.61. The number of carbonyl (C=O) groups excluding carboxylic acids is 2. The molecule has 0 aliphatic heterocycles. The van der Waals surface area contributed by atoms with E-state index < -0.39 is 0 Å². The minimum Gasteiger partial charge on any atom is -0.325 e. The first kappa shape index (κ1) is 19.4. The van der Waals surface area contributed by atoms with Crippen molar-refractivity contribution in [3.05, 3.63) is 64.2 Å². The van der Waals surface area contributed by atoms with Gasteiger partial charge in [-0.15, -0.1) is 0 Å². The van der Waals surface area contributed by atoms with Crippen molar-refractivity contribution in [1.29, 1.82) is 0 Å². The Kier molecular flexibility index (Phi) is 6.28. The van der Waals surface area contributed by atoms with E-state index >= 15 is 0 Å². The molecule has 5 heteroatoms. The number of rotatable bonds is 5. The highest BCUT2D eigenvalue weighted by molar-refractivity contribution is 6.06. The average Bonchev–Trinajstić information content (AvgIpc) is 2.56. The van der Waals surface area contributed by atoms with Crippen LogP contribution in [-0.2, 0) is 4.79 Å². The maximum Gasteiger partial charge on any atom is 0.271 e. The Hall–Kier alpha value is -2.95. The molecule has 2 rings (SSSR count). The molecule has 0 heterocycles. The molecule has 2 amide bonds. The summed E-state index contributed by atoms with van der Waals surface area (Å²) in [4.78, 5) is 24.3. The van der Waals surface area contributed by atoms with Gasteiger partial charge >= 0.3 is 0 Å². The van der Waals surface area contributed by atoms with Crippen molar-refractivity contribution >= 4 is 23.2 Å². The number of benzene rings is 2. The molecule has 0 atom stereocenters. The summed E-state index contributed by atoms with van der Waals surface area (Å²) in [5, 5.41) is 6.96. The van der Waals surface area contributed by atoms with Gasteiger partial charge < -0.3 is 5.32 Å². The van der Waals surface area contributed by atoms with Gasteiger partial charge in [0.1, 0.15) is 0 Å². The van der Waals surface area contributed by atoms with Crippen molar-refractivity contribution < 1.29 is 9.59 Å². The maximum atomic E-state index is 12.3. The monoisotopic (exact) mass is 351 g/mol. The number of hydrogen-bond donors (Lipinski definition) is 2. The van der Waals surface area contributed by atoms with Crippen LogP contribution in [0, 0.1) is 27.7 Å². The molecule has 5 nitrogen and oxygen atoms in total. The highest BCUT2D eigenvalue weighted by Crippen LogP contribution is 2.22. The van der Waals surface area contributed by atoms with Crippen LogP contribution in [0.25, 0.3) is 0 Å². The second kappa shape index (κ2) is 8.43. The Morgan fingerprint density at radius 3 is 2.23 bits per heavy atom. The molecule has 0 radical (unpaired) electrons. The predicted octanol–water partition coefficient (Wildman–Crippen LogP) is 4.05. The van der Waals surface area contributed by atoms with Gasteiger partial charge in [0.25, 0.3) is 5.91 Å². The lowest BCUT2D eigenvalue weighted by molar-refractivity contribution is -0.115. The van der Waals surface area contributed by atoms with E-state index in [1.807, 2.05) is 52.0 Å². The Labute approximate surface area is 154 Å². The molecule has 0 saturated heterocycles. The van der Waals surface area contributed by atoms with Crippen molar-refractivity contribution in [3.63, 3.8) is 0 Å². The molecule has 136 valence electrons. The standard InChI is InChI=1S/C21H25N3O2/c1-13-7-6-8-18(11-13)21(26)24-23-17(5)12-19(25)22-20-15(3)9-14(2)10-16(20)4/h6-11H,12H2,1-5H3,(H,22,25)(H,24,26). The molecule has 0 bridgehead atoms. The largest absolute Gasteiger partial charge is 0.325 e. The van der Waals surface area contributed by atoms with Crippen LogP contribution >= 0.6 is 0 Å². The normalized spacial score (nSPS) is 11.2. The Balaban J connectivity index is 1.96. The van der Waals surface area contributed by atoms with Gasteiger partial charge in [0.15, 0.2) is 0 Å². The van der Waals surface area contributed by atoms with Crippen molar-refractivity contribution in [2.45, 2.75) is 41.0 Å². The lowest BCUT2D eigenvalue weighted by Gasteiger charge is -2.12. The second-order valence-corrected chi connectivity index (χ2v) is 6.66. The molecule has 0 spiro atoms. The van der Waals surface area contributed by atoms with Gasteiger partial charge in [0, 0.05) is 17.0 Å². The Bertz CT molecular complexity index is 846. The lowest BCUT2D eigenvalue weighted by atomic mass is 10.0. The Morgan fingerprint density at radius 1 is 0.962 bits per heavy atom.